The van der Waals surface area contributed by atoms with Crippen molar-refractivity contribution in [1.82, 2.24) is 14.3 Å². The number of fused-ring (bicyclic) bond motifs is 1. The highest BCUT2D eigenvalue weighted by molar-refractivity contribution is 9.10. The minimum atomic E-state index is -1.05. The van der Waals surface area contributed by atoms with E-state index in [1.807, 2.05) is 13.0 Å². The molecule has 0 radical (unpaired) electrons. The van der Waals surface area contributed by atoms with Crippen molar-refractivity contribution in [3.63, 3.8) is 0 Å². The van der Waals surface area contributed by atoms with Gasteiger partial charge in [0.2, 0.25) is 0 Å². The molecule has 0 spiro atoms. The Labute approximate surface area is 124 Å². The Bertz CT molecular complexity index is 681. The lowest BCUT2D eigenvalue weighted by Crippen LogP contribution is -2.33. The van der Waals surface area contributed by atoms with E-state index in [4.69, 9.17) is 5.11 Å². The predicted octanol–water partition coefficient (Wildman–Crippen LogP) is 1.82. The summed E-state index contributed by atoms with van der Waals surface area (Å²) in [6.45, 7) is 1.56. The lowest BCUT2D eigenvalue weighted by Gasteiger charge is -2.15. The van der Waals surface area contributed by atoms with E-state index >= 15 is 0 Å². The van der Waals surface area contributed by atoms with Crippen molar-refractivity contribution in [1.29, 1.82) is 0 Å². The van der Waals surface area contributed by atoms with Gasteiger partial charge in [-0.2, -0.15) is 0 Å². The number of carboxylic acid groups (broad SMARTS) is 1. The minimum Gasteiger partial charge on any atom is -0.480 e. The first kappa shape index (κ1) is 14.5. The van der Waals surface area contributed by atoms with E-state index < -0.39 is 5.97 Å². The van der Waals surface area contributed by atoms with Crippen LogP contribution in [-0.4, -0.2) is 44.9 Å². The number of aryl methyl sites for hydroxylation is 1. The van der Waals surface area contributed by atoms with Crippen molar-refractivity contribution in [3.05, 3.63) is 34.2 Å². The van der Waals surface area contributed by atoms with Gasteiger partial charge in [0, 0.05) is 17.7 Å². The summed E-state index contributed by atoms with van der Waals surface area (Å²) in [7, 11) is 1.47. The maximum atomic E-state index is 12.4. The Morgan fingerprint density at radius 1 is 1.45 bits per heavy atom. The van der Waals surface area contributed by atoms with Crippen LogP contribution in [-0.2, 0) is 11.2 Å². The summed E-state index contributed by atoms with van der Waals surface area (Å²) in [5.41, 5.74) is 1.73. The number of aliphatic carboxylic acids is 1. The number of likely N-dealkylation sites (N-methyl/N-ethyl adjacent to an activating group) is 1. The topological polar surface area (TPSA) is 74.9 Å². The first-order valence-corrected chi connectivity index (χ1v) is 6.87. The van der Waals surface area contributed by atoms with Crippen molar-refractivity contribution in [2.24, 2.45) is 0 Å². The maximum Gasteiger partial charge on any atom is 0.323 e. The van der Waals surface area contributed by atoms with Crippen LogP contribution in [0.5, 0.6) is 0 Å². The van der Waals surface area contributed by atoms with Crippen LogP contribution in [0.15, 0.2) is 22.8 Å². The van der Waals surface area contributed by atoms with Gasteiger partial charge in [-0.05, 0) is 34.5 Å². The molecule has 2 aromatic rings. The summed E-state index contributed by atoms with van der Waals surface area (Å²) in [5.74, 6) is -1.40. The third-order valence-corrected chi connectivity index (χ3v) is 3.38. The zero-order chi connectivity index (χ0) is 14.9. The second kappa shape index (κ2) is 5.62. The quantitative estimate of drug-likeness (QED) is 0.921. The molecule has 0 aromatic carbocycles. The number of aromatic nitrogens is 2. The molecule has 1 N–H and O–H groups in total. The van der Waals surface area contributed by atoms with E-state index in [0.29, 0.717) is 23.5 Å². The molecule has 7 heteroatoms. The lowest BCUT2D eigenvalue weighted by atomic mass is 10.2. The fraction of sp³-hybridized carbons (Fsp3) is 0.308. The smallest absolute Gasteiger partial charge is 0.323 e. The number of halogens is 1. The molecular formula is C13H14BrN3O3. The molecule has 0 aliphatic carbocycles. The van der Waals surface area contributed by atoms with Crippen LogP contribution >= 0.6 is 15.9 Å². The van der Waals surface area contributed by atoms with Crippen LogP contribution < -0.4 is 0 Å². The van der Waals surface area contributed by atoms with Crippen molar-refractivity contribution in [2.45, 2.75) is 13.3 Å². The van der Waals surface area contributed by atoms with Crippen LogP contribution in [0.1, 0.15) is 23.1 Å². The maximum absolute atomic E-state index is 12.4. The third kappa shape index (κ3) is 2.67. The van der Waals surface area contributed by atoms with Gasteiger partial charge >= 0.3 is 5.97 Å². The highest BCUT2D eigenvalue weighted by atomic mass is 79.9. The fourth-order valence-electron chi connectivity index (χ4n) is 2.00. The first-order valence-electron chi connectivity index (χ1n) is 6.07. The van der Waals surface area contributed by atoms with E-state index in [9.17, 15) is 9.59 Å². The number of carbonyl (C=O) groups excluding carboxylic acids is 1. The molecule has 0 saturated heterocycles. The lowest BCUT2D eigenvalue weighted by molar-refractivity contribution is -0.137. The molecule has 0 fully saturated rings. The van der Waals surface area contributed by atoms with Gasteiger partial charge in [0.25, 0.3) is 5.91 Å². The zero-order valence-electron chi connectivity index (χ0n) is 11.1. The van der Waals surface area contributed by atoms with Gasteiger partial charge in [0.15, 0.2) is 0 Å². The van der Waals surface area contributed by atoms with Gasteiger partial charge in [-0.25, -0.2) is 4.98 Å². The number of imidazole rings is 1. The molecule has 0 unspecified atom stereocenters. The Morgan fingerprint density at radius 2 is 2.15 bits per heavy atom. The fourth-order valence-corrected chi connectivity index (χ4v) is 2.33. The van der Waals surface area contributed by atoms with Crippen molar-refractivity contribution in [3.8, 4) is 0 Å². The van der Waals surface area contributed by atoms with E-state index in [1.54, 1.807) is 16.7 Å². The van der Waals surface area contributed by atoms with Crippen LogP contribution in [0.4, 0.5) is 0 Å². The van der Waals surface area contributed by atoms with Crippen LogP contribution in [0, 0.1) is 0 Å². The van der Waals surface area contributed by atoms with Gasteiger partial charge in [-0.1, -0.05) is 6.92 Å². The number of carbonyl (C=O) groups is 2. The molecule has 2 heterocycles. The molecule has 2 aromatic heterocycles. The predicted molar refractivity (Wildman–Crippen MR) is 76.9 cm³/mol. The molecule has 0 saturated carbocycles. The Hall–Kier alpha value is -1.89. The average Bonchev–Trinajstić information content (AvgIpc) is 2.74. The monoisotopic (exact) mass is 339 g/mol. The highest BCUT2D eigenvalue weighted by Crippen LogP contribution is 2.18. The second-order valence-electron chi connectivity index (χ2n) is 4.39. The summed E-state index contributed by atoms with van der Waals surface area (Å²) in [6.07, 6.45) is 2.35. The molecule has 1 amide bonds. The van der Waals surface area contributed by atoms with Gasteiger partial charge in [0.05, 0.1) is 5.69 Å². The Balaban J connectivity index is 2.53. The molecule has 2 rings (SSSR count). The molecule has 20 heavy (non-hydrogen) atoms. The highest BCUT2D eigenvalue weighted by Gasteiger charge is 2.22. The molecule has 0 bridgehead atoms. The molecule has 0 atom stereocenters. The van der Waals surface area contributed by atoms with Gasteiger partial charge in [0.1, 0.15) is 17.9 Å². The summed E-state index contributed by atoms with van der Waals surface area (Å²) in [5, 5.41) is 8.79. The number of nitrogens with zero attached hydrogens (tertiary/aromatic N) is 3. The third-order valence-electron chi connectivity index (χ3n) is 2.91. The average molecular weight is 340 g/mol. The van der Waals surface area contributed by atoms with Crippen LogP contribution in [0.3, 0.4) is 0 Å². The largest absolute Gasteiger partial charge is 0.480 e. The zero-order valence-corrected chi connectivity index (χ0v) is 12.7. The van der Waals surface area contributed by atoms with Crippen molar-refractivity contribution in [2.75, 3.05) is 13.6 Å². The number of carboxylic acids is 1. The van der Waals surface area contributed by atoms with Crippen LogP contribution in [0.25, 0.3) is 5.65 Å². The number of hydrogen-bond donors (Lipinski definition) is 1. The van der Waals surface area contributed by atoms with E-state index in [-0.39, 0.29) is 12.5 Å². The van der Waals surface area contributed by atoms with Gasteiger partial charge < -0.3 is 10.0 Å². The number of rotatable bonds is 4. The summed E-state index contributed by atoms with van der Waals surface area (Å²) < 4.78 is 2.50. The van der Waals surface area contributed by atoms with E-state index in [1.165, 1.54) is 11.9 Å². The van der Waals surface area contributed by atoms with Gasteiger partial charge in [-0.15, -0.1) is 0 Å². The van der Waals surface area contributed by atoms with Gasteiger partial charge in [-0.3, -0.25) is 14.0 Å². The molecule has 0 aliphatic heterocycles. The molecule has 106 valence electrons. The normalized spacial score (nSPS) is 10.8. The molecule has 6 nitrogen and oxygen atoms in total. The summed E-state index contributed by atoms with van der Waals surface area (Å²) >= 11 is 3.36. The minimum absolute atomic E-state index is 0.344. The van der Waals surface area contributed by atoms with Crippen molar-refractivity contribution < 1.29 is 14.7 Å². The SMILES string of the molecule is CCc1nc2ccc(Br)cn2c1C(=O)N(C)CC(=O)O. The first-order chi connectivity index (χ1) is 9.43. The summed E-state index contributed by atoms with van der Waals surface area (Å²) in [4.78, 5) is 28.7. The number of hydrogen-bond acceptors (Lipinski definition) is 3. The van der Waals surface area contributed by atoms with Crippen LogP contribution in [0.2, 0.25) is 0 Å². The second-order valence-corrected chi connectivity index (χ2v) is 5.31. The number of amides is 1. The van der Waals surface area contributed by atoms with Crippen molar-refractivity contribution >= 4 is 33.5 Å². The van der Waals surface area contributed by atoms with E-state index in [2.05, 4.69) is 20.9 Å². The Kier molecular flexibility index (Phi) is 4.08. The molecular weight excluding hydrogens is 326 g/mol. The summed E-state index contributed by atoms with van der Waals surface area (Å²) in [6, 6.07) is 3.65. The number of pyridine rings is 1. The standard InChI is InChI=1S/C13H14BrN3O3/c1-3-9-12(13(20)16(2)7-11(18)19)17-6-8(14)4-5-10(17)15-9/h4-6H,3,7H2,1-2H3,(H,18,19). The molecule has 0 aliphatic rings. The van der Waals surface area contributed by atoms with E-state index in [0.717, 1.165) is 4.47 Å². The Morgan fingerprint density at radius 3 is 2.75 bits per heavy atom.